The molecule has 0 bridgehead atoms. The van der Waals surface area contributed by atoms with Crippen molar-refractivity contribution in [2.75, 3.05) is 5.32 Å². The number of amides is 1. The Kier molecular flexibility index (Phi) is 6.12. The highest BCUT2D eigenvalue weighted by molar-refractivity contribution is 6.30. The van der Waals surface area contributed by atoms with E-state index in [0.717, 1.165) is 5.56 Å². The van der Waals surface area contributed by atoms with Crippen LogP contribution in [-0.2, 0) is 0 Å². The van der Waals surface area contributed by atoms with Crippen LogP contribution in [-0.4, -0.2) is 17.8 Å². The zero-order valence-corrected chi connectivity index (χ0v) is 16.4. The van der Waals surface area contributed by atoms with Gasteiger partial charge in [0.05, 0.1) is 0 Å². The van der Waals surface area contributed by atoms with Crippen molar-refractivity contribution in [3.8, 4) is 5.75 Å². The molecule has 0 aliphatic carbocycles. The largest absolute Gasteiger partial charge is 0.483 e. The van der Waals surface area contributed by atoms with Crippen LogP contribution in [0, 0.1) is 6.92 Å². The van der Waals surface area contributed by atoms with E-state index in [9.17, 15) is 9.59 Å². The smallest absolute Gasteiger partial charge is 0.255 e. The summed E-state index contributed by atoms with van der Waals surface area (Å²) in [5.74, 6) is 0.246. The molecular weight excluding hydrogens is 374 g/mol. The van der Waals surface area contributed by atoms with E-state index >= 15 is 0 Å². The Hall–Kier alpha value is -3.11. The number of anilines is 1. The molecule has 0 aliphatic heterocycles. The molecule has 0 fully saturated rings. The summed E-state index contributed by atoms with van der Waals surface area (Å²) in [6, 6.07) is 21.0. The fourth-order valence-corrected chi connectivity index (χ4v) is 2.88. The number of benzene rings is 3. The fourth-order valence-electron chi connectivity index (χ4n) is 2.75. The van der Waals surface area contributed by atoms with Crippen LogP contribution in [0.4, 0.5) is 5.69 Å². The normalized spacial score (nSPS) is 11.5. The molecule has 3 aromatic rings. The molecule has 4 nitrogen and oxygen atoms in total. The number of aryl methyl sites for hydroxylation is 1. The minimum absolute atomic E-state index is 0.131. The van der Waals surface area contributed by atoms with Crippen molar-refractivity contribution >= 4 is 29.0 Å². The number of ketones is 1. The van der Waals surface area contributed by atoms with Gasteiger partial charge in [0.15, 0.2) is 6.10 Å². The van der Waals surface area contributed by atoms with Gasteiger partial charge in [0.2, 0.25) is 5.78 Å². The fraction of sp³-hybridized carbons (Fsp3) is 0.130. The lowest BCUT2D eigenvalue weighted by Gasteiger charge is -2.14. The lowest BCUT2D eigenvalue weighted by Crippen LogP contribution is -2.23. The Labute approximate surface area is 169 Å². The lowest BCUT2D eigenvalue weighted by atomic mass is 10.1. The van der Waals surface area contributed by atoms with Gasteiger partial charge in [-0.3, -0.25) is 9.59 Å². The number of Topliss-reactive ketones (excluding diaryl/α,β-unsaturated/α-hetero) is 1. The molecular formula is C23H20ClNO3. The molecule has 3 rings (SSSR count). The summed E-state index contributed by atoms with van der Waals surface area (Å²) in [5, 5.41) is 3.44. The maximum Gasteiger partial charge on any atom is 0.255 e. The number of rotatable bonds is 6. The first-order valence-electron chi connectivity index (χ1n) is 8.87. The Balaban J connectivity index is 1.62. The van der Waals surface area contributed by atoms with E-state index in [0.29, 0.717) is 27.6 Å². The van der Waals surface area contributed by atoms with Crippen molar-refractivity contribution < 1.29 is 14.3 Å². The molecule has 1 amide bonds. The lowest BCUT2D eigenvalue weighted by molar-refractivity contribution is 0.0818. The Morgan fingerprint density at radius 2 is 1.57 bits per heavy atom. The topological polar surface area (TPSA) is 55.4 Å². The van der Waals surface area contributed by atoms with E-state index in [2.05, 4.69) is 5.32 Å². The molecule has 0 aromatic heterocycles. The van der Waals surface area contributed by atoms with Gasteiger partial charge in [-0.25, -0.2) is 0 Å². The van der Waals surface area contributed by atoms with E-state index in [1.165, 1.54) is 0 Å². The summed E-state index contributed by atoms with van der Waals surface area (Å²) in [5.41, 5.74) is 2.73. The van der Waals surface area contributed by atoms with E-state index in [1.807, 2.05) is 25.1 Å². The van der Waals surface area contributed by atoms with Crippen LogP contribution in [0.5, 0.6) is 5.75 Å². The van der Waals surface area contributed by atoms with Crippen LogP contribution in [0.2, 0.25) is 5.02 Å². The summed E-state index contributed by atoms with van der Waals surface area (Å²) in [7, 11) is 0. The molecule has 28 heavy (non-hydrogen) atoms. The van der Waals surface area contributed by atoms with Crippen molar-refractivity contribution in [2.24, 2.45) is 0 Å². The minimum Gasteiger partial charge on any atom is -0.483 e. The first-order chi connectivity index (χ1) is 13.4. The summed E-state index contributed by atoms with van der Waals surface area (Å²) in [4.78, 5) is 24.8. The number of carbonyl (C=O) groups is 2. The van der Waals surface area contributed by atoms with E-state index in [1.54, 1.807) is 61.5 Å². The first kappa shape index (κ1) is 19.6. The molecule has 0 spiro atoms. The second-order valence-electron chi connectivity index (χ2n) is 6.42. The van der Waals surface area contributed by atoms with Crippen molar-refractivity contribution in [1.29, 1.82) is 0 Å². The highest BCUT2D eigenvalue weighted by Crippen LogP contribution is 2.20. The van der Waals surface area contributed by atoms with Gasteiger partial charge in [0.25, 0.3) is 5.91 Å². The highest BCUT2D eigenvalue weighted by Gasteiger charge is 2.17. The van der Waals surface area contributed by atoms with Crippen LogP contribution in [0.1, 0.15) is 33.2 Å². The summed E-state index contributed by atoms with van der Waals surface area (Å²) in [6.45, 7) is 3.59. The van der Waals surface area contributed by atoms with Gasteiger partial charge in [-0.1, -0.05) is 29.8 Å². The van der Waals surface area contributed by atoms with Crippen LogP contribution in [0.25, 0.3) is 0 Å². The monoisotopic (exact) mass is 393 g/mol. The summed E-state index contributed by atoms with van der Waals surface area (Å²) in [6.07, 6.45) is -0.645. The number of hydrogen-bond acceptors (Lipinski definition) is 3. The summed E-state index contributed by atoms with van der Waals surface area (Å²) >= 11 is 5.85. The third kappa shape index (κ3) is 4.78. The van der Waals surface area contributed by atoms with Crippen molar-refractivity contribution in [3.63, 3.8) is 0 Å². The Morgan fingerprint density at radius 1 is 0.929 bits per heavy atom. The molecule has 0 saturated carbocycles. The average molecular weight is 394 g/mol. The zero-order valence-electron chi connectivity index (χ0n) is 15.6. The minimum atomic E-state index is -0.645. The highest BCUT2D eigenvalue weighted by atomic mass is 35.5. The molecule has 142 valence electrons. The predicted molar refractivity (Wildman–Crippen MR) is 111 cm³/mol. The van der Waals surface area contributed by atoms with Crippen molar-refractivity contribution in [1.82, 2.24) is 0 Å². The van der Waals surface area contributed by atoms with Gasteiger partial charge in [0.1, 0.15) is 5.75 Å². The molecule has 0 radical (unpaired) electrons. The molecule has 0 aliphatic rings. The quantitative estimate of drug-likeness (QED) is 0.558. The third-order valence-electron chi connectivity index (χ3n) is 4.31. The maximum absolute atomic E-state index is 12.4. The van der Waals surface area contributed by atoms with Crippen LogP contribution in [0.15, 0.2) is 72.8 Å². The predicted octanol–water partition coefficient (Wildman–Crippen LogP) is 5.55. The SMILES string of the molecule is Cc1ccccc1C(=O)Nc1ccc(O[C@@H](C)C(=O)c2ccc(Cl)cc2)cc1. The first-order valence-corrected chi connectivity index (χ1v) is 9.25. The van der Waals surface area contributed by atoms with Crippen LogP contribution in [0.3, 0.4) is 0 Å². The second kappa shape index (κ2) is 8.72. The molecule has 3 aromatic carbocycles. The van der Waals surface area contributed by atoms with Crippen molar-refractivity contribution in [2.45, 2.75) is 20.0 Å². The third-order valence-corrected chi connectivity index (χ3v) is 4.56. The number of hydrogen-bond donors (Lipinski definition) is 1. The van der Waals surface area contributed by atoms with Gasteiger partial charge in [-0.05, 0) is 74.0 Å². The Bertz CT molecular complexity index is 981. The van der Waals surface area contributed by atoms with Crippen LogP contribution >= 0.6 is 11.6 Å². The van der Waals surface area contributed by atoms with Gasteiger partial charge >= 0.3 is 0 Å². The number of carbonyl (C=O) groups excluding carboxylic acids is 2. The van der Waals surface area contributed by atoms with Gasteiger partial charge in [-0.2, -0.15) is 0 Å². The van der Waals surface area contributed by atoms with Crippen LogP contribution < -0.4 is 10.1 Å². The Morgan fingerprint density at radius 3 is 2.21 bits per heavy atom. The number of nitrogens with one attached hydrogen (secondary N) is 1. The molecule has 0 heterocycles. The molecule has 0 saturated heterocycles. The number of ether oxygens (including phenoxy) is 1. The molecule has 0 unspecified atom stereocenters. The van der Waals surface area contributed by atoms with Gasteiger partial charge < -0.3 is 10.1 Å². The van der Waals surface area contributed by atoms with E-state index in [-0.39, 0.29) is 11.7 Å². The average Bonchev–Trinajstić information content (AvgIpc) is 2.69. The van der Waals surface area contributed by atoms with E-state index in [4.69, 9.17) is 16.3 Å². The second-order valence-corrected chi connectivity index (χ2v) is 6.86. The molecule has 5 heteroatoms. The number of halogens is 1. The summed E-state index contributed by atoms with van der Waals surface area (Å²) < 4.78 is 5.73. The maximum atomic E-state index is 12.4. The van der Waals surface area contributed by atoms with Gasteiger partial charge in [-0.15, -0.1) is 0 Å². The van der Waals surface area contributed by atoms with E-state index < -0.39 is 6.10 Å². The zero-order chi connectivity index (χ0) is 20.1. The standard InChI is InChI=1S/C23H20ClNO3/c1-15-5-3-4-6-21(15)23(27)25-19-11-13-20(14-12-19)28-16(2)22(26)17-7-9-18(24)10-8-17/h3-14,16H,1-2H3,(H,25,27)/t16-/m0/s1. The molecule has 1 N–H and O–H groups in total. The van der Waals surface area contributed by atoms with Crippen molar-refractivity contribution in [3.05, 3.63) is 94.5 Å². The van der Waals surface area contributed by atoms with Gasteiger partial charge in [0, 0.05) is 21.8 Å². The molecule has 1 atom stereocenters.